The molecule has 0 spiro atoms. The van der Waals surface area contributed by atoms with Crippen molar-refractivity contribution in [1.29, 1.82) is 0 Å². The van der Waals surface area contributed by atoms with Crippen molar-refractivity contribution in [2.45, 2.75) is 33.1 Å². The molecule has 2 aromatic rings. The fraction of sp³-hybridized carbons (Fsp3) is 0.276. The van der Waals surface area contributed by atoms with Crippen LogP contribution in [0, 0.1) is 5.92 Å². The number of pyridine rings is 1. The van der Waals surface area contributed by atoms with Gasteiger partial charge in [-0.3, -0.25) is 4.79 Å². The first-order valence-electron chi connectivity index (χ1n) is 11.9. The summed E-state index contributed by atoms with van der Waals surface area (Å²) in [7, 11) is 0. The molecule has 0 saturated heterocycles. The van der Waals surface area contributed by atoms with Gasteiger partial charge in [0, 0.05) is 40.0 Å². The fourth-order valence-electron chi connectivity index (χ4n) is 3.92. The Labute approximate surface area is 206 Å². The lowest BCUT2D eigenvalue weighted by atomic mass is 10.1. The van der Waals surface area contributed by atoms with Crippen LogP contribution in [0.1, 0.15) is 38.7 Å². The Morgan fingerprint density at radius 3 is 2.85 bits per heavy atom. The molecule has 1 unspecified atom stereocenters. The van der Waals surface area contributed by atoms with E-state index in [9.17, 15) is 4.79 Å². The Bertz CT molecular complexity index is 1300. The normalized spacial score (nSPS) is 16.5. The summed E-state index contributed by atoms with van der Waals surface area (Å²) >= 11 is 1.57. The predicted molar refractivity (Wildman–Crippen MR) is 151 cm³/mol. The summed E-state index contributed by atoms with van der Waals surface area (Å²) in [5.74, 6) is 0.344. The van der Waals surface area contributed by atoms with Crippen LogP contribution in [-0.4, -0.2) is 18.1 Å². The van der Waals surface area contributed by atoms with Crippen LogP contribution in [0.2, 0.25) is 0 Å². The number of allylic oxidation sites excluding steroid dienone is 4. The van der Waals surface area contributed by atoms with Crippen molar-refractivity contribution in [2.75, 3.05) is 13.1 Å². The van der Waals surface area contributed by atoms with Crippen molar-refractivity contribution < 1.29 is 0 Å². The summed E-state index contributed by atoms with van der Waals surface area (Å²) in [6.07, 6.45) is 18.1. The van der Waals surface area contributed by atoms with Crippen molar-refractivity contribution in [3.63, 3.8) is 0 Å². The maximum atomic E-state index is 12.9. The van der Waals surface area contributed by atoms with E-state index in [-0.39, 0.29) is 5.56 Å². The molecule has 1 atom stereocenters. The largest absolute Gasteiger partial charge is 0.361 e. The zero-order valence-corrected chi connectivity index (χ0v) is 21.0. The van der Waals surface area contributed by atoms with Gasteiger partial charge in [-0.25, -0.2) is 0 Å². The Morgan fingerprint density at radius 2 is 2.09 bits per heavy atom. The molecule has 0 saturated carbocycles. The molecule has 5 heteroatoms. The van der Waals surface area contributed by atoms with Gasteiger partial charge in [0.2, 0.25) is 0 Å². The first-order valence-corrected chi connectivity index (χ1v) is 12.8. The van der Waals surface area contributed by atoms with E-state index < -0.39 is 0 Å². The lowest BCUT2D eigenvalue weighted by Gasteiger charge is -2.09. The fourth-order valence-corrected chi connectivity index (χ4v) is 4.50. The van der Waals surface area contributed by atoms with Gasteiger partial charge in [-0.1, -0.05) is 81.1 Å². The van der Waals surface area contributed by atoms with Gasteiger partial charge >= 0.3 is 0 Å². The summed E-state index contributed by atoms with van der Waals surface area (Å²) < 4.78 is 0. The number of aromatic amines is 1. The topological polar surface area (TPSA) is 56.9 Å². The molecule has 0 amide bonds. The molecule has 0 radical (unpaired) electrons. The Hall–Kier alpha value is -3.02. The van der Waals surface area contributed by atoms with E-state index in [1.165, 1.54) is 19.3 Å². The number of thioether (sulfide) groups is 1. The van der Waals surface area contributed by atoms with Gasteiger partial charge in [0.15, 0.2) is 0 Å². The average molecular weight is 474 g/mol. The van der Waals surface area contributed by atoms with Crippen molar-refractivity contribution in [1.82, 2.24) is 15.6 Å². The second-order valence-corrected chi connectivity index (χ2v) is 9.28. The maximum absolute atomic E-state index is 12.9. The number of fused-ring (bicyclic) bond motifs is 1. The molecule has 1 aromatic heterocycles. The van der Waals surface area contributed by atoms with Crippen molar-refractivity contribution in [2.24, 2.45) is 5.92 Å². The molecular weight excluding hydrogens is 438 g/mol. The van der Waals surface area contributed by atoms with E-state index in [4.69, 9.17) is 0 Å². The first-order chi connectivity index (χ1) is 16.6. The smallest absolute Gasteiger partial charge is 0.257 e. The van der Waals surface area contributed by atoms with Crippen molar-refractivity contribution in [3.05, 3.63) is 98.8 Å². The monoisotopic (exact) mass is 473 g/mol. The number of hydrogen-bond donors (Lipinski definition) is 3. The highest BCUT2D eigenvalue weighted by Crippen LogP contribution is 2.28. The van der Waals surface area contributed by atoms with Crippen LogP contribution in [0.25, 0.3) is 28.5 Å². The number of aromatic nitrogens is 1. The molecule has 34 heavy (non-hydrogen) atoms. The minimum atomic E-state index is -0.163. The summed E-state index contributed by atoms with van der Waals surface area (Å²) in [5.41, 5.74) is 1.82. The highest BCUT2D eigenvalue weighted by atomic mass is 32.2. The van der Waals surface area contributed by atoms with Crippen molar-refractivity contribution in [3.8, 4) is 0 Å². The minimum absolute atomic E-state index is 0.163. The average Bonchev–Trinajstić information content (AvgIpc) is 3.07. The van der Waals surface area contributed by atoms with Crippen LogP contribution in [-0.2, 0) is 0 Å². The second kappa shape index (κ2) is 13.0. The summed E-state index contributed by atoms with van der Waals surface area (Å²) in [6.45, 7) is 14.1. The van der Waals surface area contributed by atoms with Crippen LogP contribution < -0.4 is 26.8 Å². The number of hydrogen-bond acceptors (Lipinski definition) is 4. The van der Waals surface area contributed by atoms with Crippen LogP contribution in [0.5, 0.6) is 0 Å². The van der Waals surface area contributed by atoms with E-state index in [2.05, 4.69) is 78.2 Å². The van der Waals surface area contributed by atoms with E-state index in [0.29, 0.717) is 16.5 Å². The summed E-state index contributed by atoms with van der Waals surface area (Å²) in [4.78, 5) is 16.8. The summed E-state index contributed by atoms with van der Waals surface area (Å²) in [5, 5.41) is 11.7. The Kier molecular flexibility index (Phi) is 9.80. The van der Waals surface area contributed by atoms with E-state index in [1.54, 1.807) is 18.0 Å². The third-order valence-electron chi connectivity index (χ3n) is 5.78. The molecular formula is C29H35N3OS. The number of unbranched alkanes of at least 4 members (excludes halogenated alkanes) is 2. The van der Waals surface area contributed by atoms with Gasteiger partial charge in [-0.05, 0) is 54.5 Å². The van der Waals surface area contributed by atoms with Gasteiger partial charge in [-0.15, -0.1) is 0 Å². The molecule has 0 aliphatic heterocycles. The van der Waals surface area contributed by atoms with E-state index in [0.717, 1.165) is 40.0 Å². The molecule has 1 aliphatic rings. The molecule has 3 N–H and O–H groups in total. The molecule has 0 bridgehead atoms. The predicted octanol–water partition coefficient (Wildman–Crippen LogP) is 4.91. The highest BCUT2D eigenvalue weighted by molar-refractivity contribution is 8.10. The number of nitrogens with one attached hydrogen (secondary N) is 3. The lowest BCUT2D eigenvalue weighted by molar-refractivity contribution is 0.586. The van der Waals surface area contributed by atoms with Crippen LogP contribution in [0.15, 0.2) is 77.1 Å². The number of H-pyrrole nitrogens is 1. The zero-order chi connectivity index (χ0) is 24.3. The quantitative estimate of drug-likeness (QED) is 0.406. The Morgan fingerprint density at radius 1 is 1.24 bits per heavy atom. The van der Waals surface area contributed by atoms with Gasteiger partial charge in [0.05, 0.1) is 5.22 Å². The molecule has 4 nitrogen and oxygen atoms in total. The maximum Gasteiger partial charge on any atom is 0.257 e. The molecule has 0 fully saturated rings. The third-order valence-corrected chi connectivity index (χ3v) is 6.67. The molecule has 1 aliphatic carbocycles. The van der Waals surface area contributed by atoms with Gasteiger partial charge in [0.25, 0.3) is 5.56 Å². The minimum Gasteiger partial charge on any atom is -0.361 e. The SMILES string of the molecule is C=CS/C(=C\C)c1ccc2c(=C)[nH]c(=O)/c(=C\NC3=CC=CC(CNCCCCC)C=C3)c2c1. The third kappa shape index (κ3) is 6.75. The lowest BCUT2D eigenvalue weighted by Crippen LogP contribution is -2.35. The van der Waals surface area contributed by atoms with E-state index >= 15 is 0 Å². The summed E-state index contributed by atoms with van der Waals surface area (Å²) in [6, 6.07) is 6.12. The molecule has 1 aromatic carbocycles. The first kappa shape index (κ1) is 25.6. The van der Waals surface area contributed by atoms with E-state index in [1.807, 2.05) is 24.5 Å². The van der Waals surface area contributed by atoms with Gasteiger partial charge in [-0.2, -0.15) is 0 Å². The standard InChI is InChI=1S/C29H35N3OS/c1-5-8-9-17-30-19-22-11-10-12-24(15-13-22)31-20-27-26-18-23(28(6-2)34-7-3)14-16-25(26)21(4)32-29(27)33/h6-7,10-16,18,20,22,30-31H,3-5,8-9,17,19H2,1-2H3,(H,32,33)/b27-20-,28-6-. The molecule has 3 rings (SSSR count). The van der Waals surface area contributed by atoms with Crippen molar-refractivity contribution >= 4 is 40.2 Å². The van der Waals surface area contributed by atoms with Gasteiger partial charge in [0.1, 0.15) is 0 Å². The highest BCUT2D eigenvalue weighted by Gasteiger charge is 2.07. The molecule has 1 heterocycles. The molecule has 178 valence electrons. The van der Waals surface area contributed by atoms with Gasteiger partial charge < -0.3 is 15.6 Å². The van der Waals surface area contributed by atoms with Crippen LogP contribution in [0.3, 0.4) is 0 Å². The second-order valence-electron chi connectivity index (χ2n) is 8.27. The van der Waals surface area contributed by atoms with Crippen LogP contribution >= 0.6 is 11.8 Å². The van der Waals surface area contributed by atoms with Crippen LogP contribution in [0.4, 0.5) is 0 Å². The zero-order valence-electron chi connectivity index (χ0n) is 20.2. The Balaban J connectivity index is 1.85. The number of benzene rings is 1. The number of rotatable bonds is 11.